The summed E-state index contributed by atoms with van der Waals surface area (Å²) in [6, 6.07) is 12.3. The van der Waals surface area contributed by atoms with E-state index in [0.717, 1.165) is 15.6 Å². The van der Waals surface area contributed by atoms with Crippen LogP contribution in [0.1, 0.15) is 33.3 Å². The lowest BCUT2D eigenvalue weighted by Crippen LogP contribution is -2.29. The largest absolute Gasteiger partial charge is 0.450 e. The zero-order valence-electron chi connectivity index (χ0n) is 14.5. The lowest BCUT2D eigenvalue weighted by atomic mass is 9.98. The molecule has 0 spiro atoms. The molecule has 3 heterocycles. The van der Waals surface area contributed by atoms with Gasteiger partial charge in [-0.25, -0.2) is 0 Å². The van der Waals surface area contributed by atoms with Crippen LogP contribution in [0.25, 0.3) is 11.0 Å². The number of carbonyl (C=O) groups excluding carboxylic acids is 1. The van der Waals surface area contributed by atoms with Gasteiger partial charge in [-0.2, -0.15) is 0 Å². The summed E-state index contributed by atoms with van der Waals surface area (Å²) in [4.78, 5) is 28.1. The van der Waals surface area contributed by atoms with E-state index >= 15 is 0 Å². The summed E-state index contributed by atoms with van der Waals surface area (Å²) in [5.74, 6) is -0.330. The highest BCUT2D eigenvalue weighted by Gasteiger charge is 2.44. The van der Waals surface area contributed by atoms with Gasteiger partial charge >= 0.3 is 0 Å². The lowest BCUT2D eigenvalue weighted by Gasteiger charge is -2.22. The van der Waals surface area contributed by atoms with Gasteiger partial charge in [-0.05, 0) is 36.8 Å². The van der Waals surface area contributed by atoms with Gasteiger partial charge in [-0.3, -0.25) is 14.5 Å². The summed E-state index contributed by atoms with van der Waals surface area (Å²) in [6.45, 7) is 1.91. The molecule has 0 saturated heterocycles. The van der Waals surface area contributed by atoms with Crippen molar-refractivity contribution in [1.82, 2.24) is 10.2 Å². The molecule has 8 heteroatoms. The molecule has 0 fully saturated rings. The van der Waals surface area contributed by atoms with Crippen molar-refractivity contribution in [3.05, 3.63) is 85.1 Å². The molecule has 2 aromatic heterocycles. The van der Waals surface area contributed by atoms with Crippen molar-refractivity contribution in [2.75, 3.05) is 4.90 Å². The summed E-state index contributed by atoms with van der Waals surface area (Å²) in [5, 5.41) is 8.80. The highest BCUT2D eigenvalue weighted by Crippen LogP contribution is 2.41. The Morgan fingerprint density at radius 1 is 1.14 bits per heavy atom. The molecule has 1 aliphatic heterocycles. The fraction of sp³-hybridized carbons (Fsp3) is 0.100. The highest BCUT2D eigenvalue weighted by molar-refractivity contribution is 9.10. The van der Waals surface area contributed by atoms with Crippen LogP contribution in [0, 0.1) is 6.92 Å². The molecule has 2 aromatic carbocycles. The number of nitrogens with zero attached hydrogens (tertiary/aromatic N) is 3. The Kier molecular flexibility index (Phi) is 3.92. The lowest BCUT2D eigenvalue weighted by molar-refractivity contribution is 0.0970. The molecular weight excluding hydrogens is 442 g/mol. The van der Waals surface area contributed by atoms with E-state index in [1.54, 1.807) is 17.6 Å². The number of rotatable bonds is 2. The molecule has 0 aliphatic carbocycles. The van der Waals surface area contributed by atoms with Gasteiger partial charge in [-0.15, -0.1) is 10.2 Å². The van der Waals surface area contributed by atoms with Crippen molar-refractivity contribution in [3.8, 4) is 0 Å². The molecule has 1 amide bonds. The number of hydrogen-bond donors (Lipinski definition) is 0. The van der Waals surface area contributed by atoms with Gasteiger partial charge in [0.25, 0.3) is 5.91 Å². The number of benzene rings is 2. The second-order valence-corrected chi connectivity index (χ2v) is 8.25. The molecule has 1 aliphatic rings. The minimum Gasteiger partial charge on any atom is -0.450 e. The van der Waals surface area contributed by atoms with Gasteiger partial charge in [0, 0.05) is 4.47 Å². The molecule has 6 nitrogen and oxygen atoms in total. The third-order valence-electron chi connectivity index (χ3n) is 4.77. The van der Waals surface area contributed by atoms with Crippen LogP contribution < -0.4 is 10.3 Å². The number of carbonyl (C=O) groups is 1. The van der Waals surface area contributed by atoms with Gasteiger partial charge < -0.3 is 4.42 Å². The molecule has 138 valence electrons. The molecule has 5 rings (SSSR count). The van der Waals surface area contributed by atoms with Crippen LogP contribution >= 0.6 is 27.3 Å². The quantitative estimate of drug-likeness (QED) is 0.447. The summed E-state index contributed by atoms with van der Waals surface area (Å²) >= 11 is 4.66. The Morgan fingerprint density at radius 3 is 2.64 bits per heavy atom. The first-order valence-corrected chi connectivity index (χ1v) is 10.1. The minimum atomic E-state index is -0.621. The van der Waals surface area contributed by atoms with Crippen molar-refractivity contribution in [2.45, 2.75) is 13.0 Å². The van der Waals surface area contributed by atoms with Crippen molar-refractivity contribution >= 4 is 49.3 Å². The predicted octanol–water partition coefficient (Wildman–Crippen LogP) is 4.47. The molecule has 1 unspecified atom stereocenters. The first-order chi connectivity index (χ1) is 13.5. The van der Waals surface area contributed by atoms with Gasteiger partial charge in [0.2, 0.25) is 10.9 Å². The van der Waals surface area contributed by atoms with E-state index < -0.39 is 6.04 Å². The monoisotopic (exact) mass is 453 g/mol. The Balaban J connectivity index is 1.83. The van der Waals surface area contributed by atoms with Crippen molar-refractivity contribution in [2.24, 2.45) is 0 Å². The maximum atomic E-state index is 13.4. The van der Waals surface area contributed by atoms with Crippen LogP contribution in [0.5, 0.6) is 0 Å². The Hall–Kier alpha value is -2.84. The van der Waals surface area contributed by atoms with Crippen molar-refractivity contribution in [3.63, 3.8) is 0 Å². The first-order valence-electron chi connectivity index (χ1n) is 8.47. The van der Waals surface area contributed by atoms with E-state index in [4.69, 9.17) is 4.42 Å². The highest BCUT2D eigenvalue weighted by atomic mass is 79.9. The fourth-order valence-corrected chi connectivity index (χ4v) is 4.37. The number of halogens is 1. The topological polar surface area (TPSA) is 76.3 Å². The Labute approximate surface area is 171 Å². The second-order valence-electron chi connectivity index (χ2n) is 6.52. The molecule has 4 aromatic rings. The van der Waals surface area contributed by atoms with E-state index in [9.17, 15) is 9.59 Å². The van der Waals surface area contributed by atoms with Gasteiger partial charge in [0.1, 0.15) is 11.1 Å². The average Bonchev–Trinajstić information content (AvgIpc) is 3.30. The summed E-state index contributed by atoms with van der Waals surface area (Å²) < 4.78 is 6.82. The van der Waals surface area contributed by atoms with Gasteiger partial charge in [0.15, 0.2) is 5.43 Å². The molecule has 28 heavy (non-hydrogen) atoms. The van der Waals surface area contributed by atoms with Crippen molar-refractivity contribution in [1.29, 1.82) is 0 Å². The average molecular weight is 454 g/mol. The minimum absolute atomic E-state index is 0.0597. The second kappa shape index (κ2) is 6.35. The number of fused-ring (bicyclic) bond motifs is 2. The maximum absolute atomic E-state index is 13.4. The zero-order chi connectivity index (χ0) is 19.4. The Morgan fingerprint density at radius 2 is 1.93 bits per heavy atom. The van der Waals surface area contributed by atoms with Gasteiger partial charge in [0.05, 0.1) is 17.0 Å². The summed E-state index contributed by atoms with van der Waals surface area (Å²) in [6.07, 6.45) is 0. The SMILES string of the molecule is Cc1ccc2oc3c(c(=O)c2c1)C(c1ccc(Br)cc1)N(c1nncs1)C3=O. The van der Waals surface area contributed by atoms with E-state index in [1.165, 1.54) is 16.2 Å². The van der Waals surface area contributed by atoms with Crippen LogP contribution in [0.4, 0.5) is 5.13 Å². The number of aryl methyl sites for hydroxylation is 1. The van der Waals surface area contributed by atoms with Crippen LogP contribution in [0.3, 0.4) is 0 Å². The molecule has 1 atom stereocenters. The van der Waals surface area contributed by atoms with Crippen molar-refractivity contribution < 1.29 is 9.21 Å². The van der Waals surface area contributed by atoms with Crippen LogP contribution in [-0.4, -0.2) is 16.1 Å². The fourth-order valence-electron chi connectivity index (χ4n) is 3.52. The zero-order valence-corrected chi connectivity index (χ0v) is 17.0. The first kappa shape index (κ1) is 17.3. The van der Waals surface area contributed by atoms with Crippen LogP contribution in [0.15, 0.2) is 61.7 Å². The maximum Gasteiger partial charge on any atom is 0.297 e. The van der Waals surface area contributed by atoms with Crippen LogP contribution in [0.2, 0.25) is 0 Å². The summed E-state index contributed by atoms with van der Waals surface area (Å²) in [7, 11) is 0. The van der Waals surface area contributed by atoms with E-state index in [1.807, 2.05) is 37.3 Å². The number of anilines is 1. The predicted molar refractivity (Wildman–Crippen MR) is 110 cm³/mol. The van der Waals surface area contributed by atoms with E-state index in [2.05, 4.69) is 26.1 Å². The molecule has 0 saturated carbocycles. The third kappa shape index (κ3) is 2.52. The third-order valence-corrected chi connectivity index (χ3v) is 5.98. The number of hydrogen-bond acceptors (Lipinski definition) is 6. The van der Waals surface area contributed by atoms with E-state index in [0.29, 0.717) is 21.7 Å². The number of aromatic nitrogens is 2. The standard InChI is InChI=1S/C20H12BrN3O3S/c1-10-2-7-14-13(8-10)17(25)15-16(11-3-5-12(21)6-4-11)24(19(26)18(15)27-14)20-23-22-9-28-20/h2-9,16H,1H3. The summed E-state index contributed by atoms with van der Waals surface area (Å²) in [5.41, 5.74) is 3.83. The molecule has 0 bridgehead atoms. The number of amides is 1. The van der Waals surface area contributed by atoms with E-state index in [-0.39, 0.29) is 17.1 Å². The van der Waals surface area contributed by atoms with Gasteiger partial charge in [-0.1, -0.05) is 51.0 Å². The smallest absolute Gasteiger partial charge is 0.297 e. The Bertz CT molecular complexity index is 1280. The van der Waals surface area contributed by atoms with Crippen LogP contribution in [-0.2, 0) is 0 Å². The molecular formula is C20H12BrN3O3S. The molecule has 0 N–H and O–H groups in total. The molecule has 0 radical (unpaired) electrons. The normalized spacial score (nSPS) is 16.0.